The van der Waals surface area contributed by atoms with Crippen LogP contribution in [0.15, 0.2) is 54.1 Å². The number of ether oxygens (including phenoxy) is 3. The molecule has 8 heteroatoms. The van der Waals surface area contributed by atoms with Gasteiger partial charge in [0.2, 0.25) is 0 Å². The molecule has 0 saturated carbocycles. The summed E-state index contributed by atoms with van der Waals surface area (Å²) in [7, 11) is 1.46. The van der Waals surface area contributed by atoms with E-state index in [1.807, 2.05) is 6.07 Å². The van der Waals surface area contributed by atoms with Crippen LogP contribution in [0.1, 0.15) is 19.4 Å². The Balaban J connectivity index is 1.82. The molecule has 3 rings (SSSR count). The van der Waals surface area contributed by atoms with Crippen molar-refractivity contribution in [2.24, 2.45) is 0 Å². The van der Waals surface area contributed by atoms with Crippen LogP contribution in [0.5, 0.6) is 11.5 Å². The highest BCUT2D eigenvalue weighted by molar-refractivity contribution is 6.31. The van der Waals surface area contributed by atoms with Gasteiger partial charge in [-0.05, 0) is 49.8 Å². The first-order valence-electron chi connectivity index (χ1n) is 9.38. The SMILES string of the molecule is CCOC(=O)C(C)Oc1ccc(C=C2C(=O)NN(c3ccccc3)C2=O)cc1OC. The normalized spacial score (nSPS) is 15.7. The third-order valence-corrected chi connectivity index (χ3v) is 4.33. The van der Waals surface area contributed by atoms with E-state index in [4.69, 9.17) is 14.2 Å². The van der Waals surface area contributed by atoms with Gasteiger partial charge in [0.25, 0.3) is 11.8 Å². The minimum Gasteiger partial charge on any atom is -0.493 e. The van der Waals surface area contributed by atoms with Gasteiger partial charge in [-0.15, -0.1) is 0 Å². The van der Waals surface area contributed by atoms with Crippen molar-refractivity contribution in [3.8, 4) is 11.5 Å². The van der Waals surface area contributed by atoms with E-state index in [2.05, 4.69) is 5.43 Å². The zero-order valence-corrected chi connectivity index (χ0v) is 16.9. The minimum absolute atomic E-state index is 0.00512. The number of hydrazine groups is 1. The highest BCUT2D eigenvalue weighted by Gasteiger charge is 2.34. The average Bonchev–Trinajstić information content (AvgIpc) is 3.03. The highest BCUT2D eigenvalue weighted by Crippen LogP contribution is 2.30. The molecule has 30 heavy (non-hydrogen) atoms. The Bertz CT molecular complexity index is 986. The lowest BCUT2D eigenvalue weighted by atomic mass is 10.1. The Kier molecular flexibility index (Phi) is 6.36. The number of nitrogens with one attached hydrogen (secondary N) is 1. The summed E-state index contributed by atoms with van der Waals surface area (Å²) in [6.07, 6.45) is 0.659. The van der Waals surface area contributed by atoms with Crippen LogP contribution >= 0.6 is 0 Å². The van der Waals surface area contributed by atoms with Gasteiger partial charge in [-0.3, -0.25) is 15.0 Å². The van der Waals surface area contributed by atoms with E-state index in [1.165, 1.54) is 18.2 Å². The summed E-state index contributed by atoms with van der Waals surface area (Å²) in [6, 6.07) is 13.7. The Morgan fingerprint density at radius 1 is 1.13 bits per heavy atom. The van der Waals surface area contributed by atoms with Gasteiger partial charge in [-0.1, -0.05) is 24.3 Å². The van der Waals surface area contributed by atoms with Gasteiger partial charge in [-0.2, -0.15) is 0 Å². The van der Waals surface area contributed by atoms with Gasteiger partial charge in [0.05, 0.1) is 19.4 Å². The first-order chi connectivity index (χ1) is 14.4. The third-order valence-electron chi connectivity index (χ3n) is 4.33. The molecule has 8 nitrogen and oxygen atoms in total. The van der Waals surface area contributed by atoms with Gasteiger partial charge in [0, 0.05) is 0 Å². The number of nitrogens with zero attached hydrogens (tertiary/aromatic N) is 1. The van der Waals surface area contributed by atoms with Crippen molar-refractivity contribution in [1.82, 2.24) is 5.43 Å². The number of hydrogen-bond donors (Lipinski definition) is 1. The van der Waals surface area contributed by atoms with E-state index in [9.17, 15) is 14.4 Å². The fourth-order valence-corrected chi connectivity index (χ4v) is 2.85. The van der Waals surface area contributed by atoms with Crippen LogP contribution < -0.4 is 19.9 Å². The number of hydrogen-bond acceptors (Lipinski definition) is 6. The van der Waals surface area contributed by atoms with E-state index in [0.29, 0.717) is 22.7 Å². The van der Waals surface area contributed by atoms with Crippen LogP contribution in [0.25, 0.3) is 6.08 Å². The van der Waals surface area contributed by atoms with Crippen molar-refractivity contribution in [3.63, 3.8) is 0 Å². The second kappa shape index (κ2) is 9.13. The molecule has 0 aromatic heterocycles. The molecular weight excluding hydrogens is 388 g/mol. The average molecular weight is 410 g/mol. The monoisotopic (exact) mass is 410 g/mol. The van der Waals surface area contributed by atoms with Crippen LogP contribution in [0.4, 0.5) is 5.69 Å². The zero-order valence-electron chi connectivity index (χ0n) is 16.9. The summed E-state index contributed by atoms with van der Waals surface area (Å²) in [5, 5.41) is 1.20. The van der Waals surface area contributed by atoms with Crippen LogP contribution in [-0.2, 0) is 19.1 Å². The van der Waals surface area contributed by atoms with Crippen LogP contribution in [-0.4, -0.2) is 37.6 Å². The summed E-state index contributed by atoms with van der Waals surface area (Å²) in [5.41, 5.74) is 3.67. The van der Waals surface area contributed by atoms with Gasteiger partial charge in [0.1, 0.15) is 5.57 Å². The number of carbonyl (C=O) groups is 3. The number of para-hydroxylation sites is 1. The number of benzene rings is 2. The van der Waals surface area contributed by atoms with Gasteiger partial charge < -0.3 is 14.2 Å². The predicted molar refractivity (Wildman–Crippen MR) is 110 cm³/mol. The molecule has 2 aromatic carbocycles. The Hall–Kier alpha value is -3.81. The molecule has 2 amide bonds. The first kappa shape index (κ1) is 20.9. The molecule has 1 saturated heterocycles. The first-order valence-corrected chi connectivity index (χ1v) is 9.38. The van der Waals surface area contributed by atoms with Crippen LogP contribution in [0, 0.1) is 0 Å². The van der Waals surface area contributed by atoms with Crippen molar-refractivity contribution in [2.75, 3.05) is 18.7 Å². The number of rotatable bonds is 7. The molecule has 1 unspecified atom stereocenters. The van der Waals surface area contributed by atoms with E-state index < -0.39 is 23.9 Å². The molecule has 0 bridgehead atoms. The summed E-state index contributed by atoms with van der Waals surface area (Å²) < 4.78 is 15.9. The number of amides is 2. The molecule has 0 aliphatic carbocycles. The standard InChI is InChI=1S/C22H22N2O6/c1-4-29-22(27)14(2)30-18-11-10-15(13-19(18)28-3)12-17-20(25)23-24(21(17)26)16-8-6-5-7-9-16/h5-14H,4H2,1-3H3,(H,23,25). The van der Waals surface area contributed by atoms with Crippen molar-refractivity contribution >= 4 is 29.5 Å². The fraction of sp³-hybridized carbons (Fsp3) is 0.227. The molecule has 156 valence electrons. The van der Waals surface area contributed by atoms with Gasteiger partial charge in [-0.25, -0.2) is 9.80 Å². The van der Waals surface area contributed by atoms with Gasteiger partial charge in [0.15, 0.2) is 17.6 Å². The van der Waals surface area contributed by atoms with Crippen LogP contribution in [0.3, 0.4) is 0 Å². The molecular formula is C22H22N2O6. The lowest BCUT2D eigenvalue weighted by Crippen LogP contribution is -2.35. The number of methoxy groups -OCH3 is 1. The summed E-state index contributed by atoms with van der Waals surface area (Å²) >= 11 is 0. The Morgan fingerprint density at radius 3 is 2.53 bits per heavy atom. The molecule has 1 N–H and O–H groups in total. The van der Waals surface area contributed by atoms with E-state index in [1.54, 1.807) is 56.3 Å². The topological polar surface area (TPSA) is 94.2 Å². The molecule has 1 heterocycles. The minimum atomic E-state index is -0.815. The molecule has 1 fully saturated rings. The lowest BCUT2D eigenvalue weighted by Gasteiger charge is -2.16. The smallest absolute Gasteiger partial charge is 0.347 e. The quantitative estimate of drug-likeness (QED) is 0.428. The van der Waals surface area contributed by atoms with Crippen molar-refractivity contribution in [2.45, 2.75) is 20.0 Å². The predicted octanol–water partition coefficient (Wildman–Crippen LogP) is 2.49. The molecule has 0 radical (unpaired) electrons. The largest absolute Gasteiger partial charge is 0.493 e. The van der Waals surface area contributed by atoms with Crippen molar-refractivity contribution in [1.29, 1.82) is 0 Å². The maximum Gasteiger partial charge on any atom is 0.347 e. The second-order valence-electron chi connectivity index (χ2n) is 6.40. The highest BCUT2D eigenvalue weighted by atomic mass is 16.6. The fourth-order valence-electron chi connectivity index (χ4n) is 2.85. The molecule has 1 atom stereocenters. The zero-order chi connectivity index (χ0) is 21.7. The number of esters is 1. The van der Waals surface area contributed by atoms with E-state index >= 15 is 0 Å². The molecule has 1 aliphatic rings. The maximum absolute atomic E-state index is 12.7. The van der Waals surface area contributed by atoms with E-state index in [-0.39, 0.29) is 12.2 Å². The Morgan fingerprint density at radius 2 is 1.87 bits per heavy atom. The van der Waals surface area contributed by atoms with Crippen LogP contribution in [0.2, 0.25) is 0 Å². The summed E-state index contributed by atoms with van der Waals surface area (Å²) in [5.74, 6) is -0.750. The lowest BCUT2D eigenvalue weighted by molar-refractivity contribution is -0.150. The number of anilines is 1. The van der Waals surface area contributed by atoms with Crippen molar-refractivity contribution < 1.29 is 28.6 Å². The second-order valence-corrected chi connectivity index (χ2v) is 6.40. The molecule has 0 spiro atoms. The van der Waals surface area contributed by atoms with Gasteiger partial charge >= 0.3 is 5.97 Å². The summed E-state index contributed by atoms with van der Waals surface area (Å²) in [4.78, 5) is 36.8. The molecule has 2 aromatic rings. The Labute approximate surface area is 174 Å². The molecule has 1 aliphatic heterocycles. The van der Waals surface area contributed by atoms with E-state index in [0.717, 1.165) is 0 Å². The maximum atomic E-state index is 12.7. The third kappa shape index (κ3) is 4.43. The summed E-state index contributed by atoms with van der Waals surface area (Å²) in [6.45, 7) is 3.55. The van der Waals surface area contributed by atoms with Crippen molar-refractivity contribution in [3.05, 3.63) is 59.7 Å². The number of carbonyl (C=O) groups excluding carboxylic acids is 3.